The fraction of sp³-hybridized carbons (Fsp3) is 0.727. The highest BCUT2D eigenvalue weighted by Gasteiger charge is 2.14. The van der Waals surface area contributed by atoms with Gasteiger partial charge in [-0.25, -0.2) is 18.1 Å². The van der Waals surface area contributed by atoms with Crippen LogP contribution in [0.25, 0.3) is 0 Å². The maximum atomic E-state index is 11.7. The van der Waals surface area contributed by atoms with Gasteiger partial charge in [-0.2, -0.15) is 0 Å². The predicted molar refractivity (Wildman–Crippen MR) is 75.5 cm³/mol. The summed E-state index contributed by atoms with van der Waals surface area (Å²) in [5.74, 6) is 0.237. The van der Waals surface area contributed by atoms with E-state index in [1.54, 1.807) is 17.5 Å². The first-order chi connectivity index (χ1) is 8.55. The average molecular weight is 291 g/mol. The molecule has 0 radical (unpaired) electrons. The molecule has 1 atom stereocenters. The van der Waals surface area contributed by atoms with Gasteiger partial charge in [-0.3, -0.25) is 0 Å². The first-order valence-corrected chi connectivity index (χ1v) is 8.66. The lowest BCUT2D eigenvalue weighted by Crippen LogP contribution is -2.34. The summed E-state index contributed by atoms with van der Waals surface area (Å²) >= 11 is 1.55. The lowest BCUT2D eigenvalue weighted by molar-refractivity contribution is 0.570. The molecular weight excluding hydrogens is 270 g/mol. The second kappa shape index (κ2) is 7.83. The van der Waals surface area contributed by atoms with Crippen molar-refractivity contribution in [1.82, 2.24) is 15.0 Å². The van der Waals surface area contributed by atoms with E-state index in [0.29, 0.717) is 13.1 Å². The molecule has 0 aliphatic rings. The number of hydrogen-bond donors (Lipinski definition) is 2. The molecule has 0 amide bonds. The van der Waals surface area contributed by atoms with Crippen LogP contribution in [0.1, 0.15) is 31.2 Å². The minimum Gasteiger partial charge on any atom is -0.316 e. The van der Waals surface area contributed by atoms with Gasteiger partial charge in [0.25, 0.3) is 0 Å². The molecule has 0 spiro atoms. The van der Waals surface area contributed by atoms with Gasteiger partial charge in [0.1, 0.15) is 0 Å². The molecule has 104 valence electrons. The van der Waals surface area contributed by atoms with E-state index in [9.17, 15) is 8.42 Å². The minimum absolute atomic E-state index is 0.114. The van der Waals surface area contributed by atoms with Gasteiger partial charge in [-0.15, -0.1) is 11.3 Å². The standard InChI is InChI=1S/C11H21N3O2S2/c1-3-4-12-6-8-18(15,16)14-9-10(2)11-13-5-7-17-11/h5,7,10,12,14H,3-4,6,8-9H2,1-2H3. The van der Waals surface area contributed by atoms with Crippen molar-refractivity contribution in [3.63, 3.8) is 0 Å². The first-order valence-electron chi connectivity index (χ1n) is 6.12. The van der Waals surface area contributed by atoms with E-state index in [-0.39, 0.29) is 11.7 Å². The van der Waals surface area contributed by atoms with Gasteiger partial charge in [0, 0.05) is 30.6 Å². The molecule has 0 saturated heterocycles. The van der Waals surface area contributed by atoms with Crippen LogP contribution < -0.4 is 10.0 Å². The van der Waals surface area contributed by atoms with Crippen LogP contribution in [0.15, 0.2) is 11.6 Å². The lowest BCUT2D eigenvalue weighted by Gasteiger charge is -2.11. The van der Waals surface area contributed by atoms with Crippen molar-refractivity contribution in [3.8, 4) is 0 Å². The van der Waals surface area contributed by atoms with Crippen molar-refractivity contribution in [2.45, 2.75) is 26.2 Å². The molecule has 0 aliphatic heterocycles. The molecule has 0 aliphatic carbocycles. The minimum atomic E-state index is -3.18. The summed E-state index contributed by atoms with van der Waals surface area (Å²) in [5, 5.41) is 5.93. The van der Waals surface area contributed by atoms with Crippen LogP contribution in [0.2, 0.25) is 0 Å². The normalized spacial score (nSPS) is 13.7. The van der Waals surface area contributed by atoms with Crippen LogP contribution in [0.3, 0.4) is 0 Å². The highest BCUT2D eigenvalue weighted by atomic mass is 32.2. The molecule has 0 bridgehead atoms. The second-order valence-corrected chi connectivity index (χ2v) is 7.04. The van der Waals surface area contributed by atoms with E-state index in [1.807, 2.05) is 12.3 Å². The monoisotopic (exact) mass is 291 g/mol. The molecule has 1 rings (SSSR count). The molecular formula is C11H21N3O2S2. The quantitative estimate of drug-likeness (QED) is 0.670. The third-order valence-corrected chi connectivity index (χ3v) is 4.81. The molecule has 1 unspecified atom stereocenters. The molecule has 0 saturated carbocycles. The van der Waals surface area contributed by atoms with Crippen LogP contribution in [0.5, 0.6) is 0 Å². The van der Waals surface area contributed by atoms with Crippen molar-refractivity contribution in [3.05, 3.63) is 16.6 Å². The van der Waals surface area contributed by atoms with Crippen molar-refractivity contribution < 1.29 is 8.42 Å². The van der Waals surface area contributed by atoms with Crippen molar-refractivity contribution in [2.75, 3.05) is 25.4 Å². The summed E-state index contributed by atoms with van der Waals surface area (Å²) < 4.78 is 26.0. The summed E-state index contributed by atoms with van der Waals surface area (Å²) in [6.45, 7) is 5.77. The van der Waals surface area contributed by atoms with Gasteiger partial charge in [0.2, 0.25) is 10.0 Å². The Morgan fingerprint density at radius 3 is 2.83 bits per heavy atom. The van der Waals surface area contributed by atoms with Crippen molar-refractivity contribution in [1.29, 1.82) is 0 Å². The van der Waals surface area contributed by atoms with Gasteiger partial charge in [-0.05, 0) is 13.0 Å². The van der Waals surface area contributed by atoms with E-state index in [1.165, 1.54) is 0 Å². The molecule has 0 aromatic carbocycles. The Hall–Kier alpha value is -0.500. The molecule has 0 fully saturated rings. The molecule has 1 heterocycles. The van der Waals surface area contributed by atoms with Gasteiger partial charge in [0.05, 0.1) is 10.8 Å². The summed E-state index contributed by atoms with van der Waals surface area (Å²) in [6, 6.07) is 0. The zero-order chi connectivity index (χ0) is 13.4. The van der Waals surface area contributed by atoms with Gasteiger partial charge in [0.15, 0.2) is 0 Å². The average Bonchev–Trinajstić information content (AvgIpc) is 2.86. The SMILES string of the molecule is CCCNCCS(=O)(=O)NCC(C)c1nccs1. The summed E-state index contributed by atoms with van der Waals surface area (Å²) in [7, 11) is -3.18. The summed E-state index contributed by atoms with van der Waals surface area (Å²) in [6.07, 6.45) is 2.74. The largest absolute Gasteiger partial charge is 0.316 e. The number of rotatable bonds is 9. The Bertz CT molecular complexity index is 418. The molecule has 2 N–H and O–H groups in total. The van der Waals surface area contributed by atoms with Crippen LogP contribution in [0, 0.1) is 0 Å². The van der Waals surface area contributed by atoms with Crippen molar-refractivity contribution >= 4 is 21.4 Å². The molecule has 18 heavy (non-hydrogen) atoms. The summed E-state index contributed by atoms with van der Waals surface area (Å²) in [5.41, 5.74) is 0. The van der Waals surface area contributed by atoms with E-state index in [2.05, 4.69) is 21.9 Å². The number of nitrogens with zero attached hydrogens (tertiary/aromatic N) is 1. The van der Waals surface area contributed by atoms with E-state index < -0.39 is 10.0 Å². The number of nitrogens with one attached hydrogen (secondary N) is 2. The maximum absolute atomic E-state index is 11.7. The Kier molecular flexibility index (Phi) is 6.77. The zero-order valence-electron chi connectivity index (χ0n) is 10.8. The molecule has 5 nitrogen and oxygen atoms in total. The van der Waals surface area contributed by atoms with Crippen LogP contribution >= 0.6 is 11.3 Å². The van der Waals surface area contributed by atoms with Crippen molar-refractivity contribution in [2.24, 2.45) is 0 Å². The fourth-order valence-corrected chi connectivity index (χ4v) is 3.16. The number of aromatic nitrogens is 1. The third kappa shape index (κ3) is 5.90. The van der Waals surface area contributed by atoms with Gasteiger partial charge >= 0.3 is 0 Å². The smallest absolute Gasteiger partial charge is 0.212 e. The summed E-state index contributed by atoms with van der Waals surface area (Å²) in [4.78, 5) is 4.17. The number of sulfonamides is 1. The Labute approximate surface area is 113 Å². The number of hydrogen-bond acceptors (Lipinski definition) is 5. The zero-order valence-corrected chi connectivity index (χ0v) is 12.5. The Morgan fingerprint density at radius 1 is 1.44 bits per heavy atom. The third-order valence-electron chi connectivity index (χ3n) is 2.46. The second-order valence-electron chi connectivity index (χ2n) is 4.19. The Morgan fingerprint density at radius 2 is 2.22 bits per heavy atom. The van der Waals surface area contributed by atoms with E-state index >= 15 is 0 Å². The lowest BCUT2D eigenvalue weighted by atomic mass is 10.2. The topological polar surface area (TPSA) is 71.1 Å². The van der Waals surface area contributed by atoms with Crippen LogP contribution in [0.4, 0.5) is 0 Å². The first kappa shape index (κ1) is 15.6. The van der Waals surface area contributed by atoms with Gasteiger partial charge in [-0.1, -0.05) is 13.8 Å². The highest BCUT2D eigenvalue weighted by Crippen LogP contribution is 2.16. The number of thiazole rings is 1. The van der Waals surface area contributed by atoms with E-state index in [4.69, 9.17) is 0 Å². The Balaban J connectivity index is 2.28. The fourth-order valence-electron chi connectivity index (χ4n) is 1.40. The van der Waals surface area contributed by atoms with Crippen LogP contribution in [-0.2, 0) is 10.0 Å². The highest BCUT2D eigenvalue weighted by molar-refractivity contribution is 7.89. The van der Waals surface area contributed by atoms with Gasteiger partial charge < -0.3 is 5.32 Å². The molecule has 1 aromatic heterocycles. The predicted octanol–water partition coefficient (Wildman–Crippen LogP) is 1.17. The molecule has 1 aromatic rings. The van der Waals surface area contributed by atoms with Crippen LogP contribution in [-0.4, -0.2) is 38.8 Å². The van der Waals surface area contributed by atoms with E-state index in [0.717, 1.165) is 18.0 Å². The maximum Gasteiger partial charge on any atom is 0.212 e. The molecule has 7 heteroatoms.